The van der Waals surface area contributed by atoms with Crippen LogP contribution in [0.5, 0.6) is 0 Å². The Balaban J connectivity index is 0.00000200. The van der Waals surface area contributed by atoms with Gasteiger partial charge in [-0.25, -0.2) is 9.98 Å². The lowest BCUT2D eigenvalue weighted by atomic mass is 10.2. The summed E-state index contributed by atoms with van der Waals surface area (Å²) in [4.78, 5) is 9.99. The van der Waals surface area contributed by atoms with E-state index in [1.807, 2.05) is 13.1 Å². The van der Waals surface area contributed by atoms with Crippen molar-refractivity contribution in [3.63, 3.8) is 0 Å². The van der Waals surface area contributed by atoms with Crippen molar-refractivity contribution in [3.05, 3.63) is 16.1 Å². The predicted octanol–water partition coefficient (Wildman–Crippen LogP) is 2.30. The normalized spacial score (nSPS) is 18.7. The van der Waals surface area contributed by atoms with Crippen molar-refractivity contribution in [1.82, 2.24) is 15.6 Å². The fourth-order valence-corrected chi connectivity index (χ4v) is 2.71. The fraction of sp³-hybridized carbons (Fsp3) is 0.692. The van der Waals surface area contributed by atoms with E-state index in [0.29, 0.717) is 12.6 Å². The third kappa shape index (κ3) is 5.92. The molecule has 1 aromatic heterocycles. The minimum absolute atomic E-state index is 0. The molecule has 2 N–H and O–H groups in total. The Labute approximate surface area is 141 Å². The quantitative estimate of drug-likeness (QED) is 0.445. The average Bonchev–Trinajstić information content (AvgIpc) is 3.04. The molecule has 0 radical (unpaired) electrons. The van der Waals surface area contributed by atoms with E-state index < -0.39 is 0 Å². The first kappa shape index (κ1) is 17.6. The molecule has 1 aromatic rings. The molecule has 0 aliphatic carbocycles. The van der Waals surface area contributed by atoms with Gasteiger partial charge in [-0.1, -0.05) is 0 Å². The molecule has 0 aromatic carbocycles. The highest BCUT2D eigenvalue weighted by Crippen LogP contribution is 2.12. The van der Waals surface area contributed by atoms with E-state index in [1.54, 1.807) is 11.3 Å². The number of rotatable bonds is 5. The molecule has 1 aliphatic rings. The van der Waals surface area contributed by atoms with Gasteiger partial charge in [-0.15, -0.1) is 35.3 Å². The van der Waals surface area contributed by atoms with Gasteiger partial charge in [-0.3, -0.25) is 0 Å². The molecule has 1 saturated heterocycles. The lowest BCUT2D eigenvalue weighted by molar-refractivity contribution is 0.114. The summed E-state index contributed by atoms with van der Waals surface area (Å²) in [6.07, 6.45) is 4.53. The predicted molar refractivity (Wildman–Crippen MR) is 94.1 cm³/mol. The van der Waals surface area contributed by atoms with Crippen molar-refractivity contribution in [2.45, 2.75) is 39.3 Å². The van der Waals surface area contributed by atoms with Crippen molar-refractivity contribution in [3.8, 4) is 0 Å². The number of aryl methyl sites for hydroxylation is 1. The molecule has 0 bridgehead atoms. The SMILES string of the molecule is CCNC(=NCc1cnc(C)s1)NCC1CCCO1.I. The second-order valence-electron chi connectivity index (χ2n) is 4.56. The topological polar surface area (TPSA) is 58.5 Å². The fourth-order valence-electron chi connectivity index (χ4n) is 1.99. The number of nitrogens with one attached hydrogen (secondary N) is 2. The summed E-state index contributed by atoms with van der Waals surface area (Å²) >= 11 is 1.69. The molecule has 20 heavy (non-hydrogen) atoms. The summed E-state index contributed by atoms with van der Waals surface area (Å²) < 4.78 is 5.59. The molecule has 1 fully saturated rings. The molecule has 5 nitrogen and oxygen atoms in total. The number of aromatic nitrogens is 1. The van der Waals surface area contributed by atoms with Crippen molar-refractivity contribution in [1.29, 1.82) is 0 Å². The van der Waals surface area contributed by atoms with E-state index >= 15 is 0 Å². The van der Waals surface area contributed by atoms with Gasteiger partial charge < -0.3 is 15.4 Å². The van der Waals surface area contributed by atoms with E-state index in [0.717, 1.165) is 37.1 Å². The van der Waals surface area contributed by atoms with Crippen LogP contribution >= 0.6 is 35.3 Å². The van der Waals surface area contributed by atoms with E-state index in [2.05, 4.69) is 27.5 Å². The van der Waals surface area contributed by atoms with Gasteiger partial charge in [0.2, 0.25) is 0 Å². The maximum atomic E-state index is 5.59. The van der Waals surface area contributed by atoms with Crippen LogP contribution in [0.25, 0.3) is 0 Å². The lowest BCUT2D eigenvalue weighted by Gasteiger charge is -2.14. The minimum atomic E-state index is 0. The zero-order chi connectivity index (χ0) is 13.5. The standard InChI is InChI=1S/C13H22N4OS.HI/c1-3-14-13(16-7-11-5-4-6-18-11)17-9-12-8-15-10(2)19-12;/h8,11H,3-7,9H2,1-2H3,(H2,14,16,17);1H. The largest absolute Gasteiger partial charge is 0.376 e. The summed E-state index contributed by atoms with van der Waals surface area (Å²) in [7, 11) is 0. The van der Waals surface area contributed by atoms with Gasteiger partial charge in [-0.2, -0.15) is 0 Å². The molecule has 1 unspecified atom stereocenters. The van der Waals surface area contributed by atoms with E-state index in [-0.39, 0.29) is 24.0 Å². The number of aliphatic imine (C=N–C) groups is 1. The molecule has 2 heterocycles. The van der Waals surface area contributed by atoms with E-state index in [4.69, 9.17) is 4.74 Å². The first-order chi connectivity index (χ1) is 9.28. The van der Waals surface area contributed by atoms with Crippen LogP contribution in [0.3, 0.4) is 0 Å². The molecule has 0 saturated carbocycles. The third-order valence-corrected chi connectivity index (χ3v) is 3.83. The van der Waals surface area contributed by atoms with Gasteiger partial charge in [0.15, 0.2) is 5.96 Å². The first-order valence-corrected chi connectivity index (χ1v) is 7.64. The number of halogens is 1. The Kier molecular flexibility index (Phi) is 8.39. The number of ether oxygens (including phenoxy) is 1. The zero-order valence-corrected chi connectivity index (χ0v) is 15.2. The van der Waals surface area contributed by atoms with Gasteiger partial charge in [0.1, 0.15) is 0 Å². The molecule has 2 rings (SSSR count). The number of guanidine groups is 1. The molecule has 1 atom stereocenters. The number of nitrogens with zero attached hydrogens (tertiary/aromatic N) is 2. The average molecular weight is 410 g/mol. The van der Waals surface area contributed by atoms with Crippen LogP contribution in [-0.4, -0.2) is 36.7 Å². The summed E-state index contributed by atoms with van der Waals surface area (Å²) in [5.41, 5.74) is 0. The van der Waals surface area contributed by atoms with Crippen molar-refractivity contribution in [2.24, 2.45) is 4.99 Å². The molecular weight excluding hydrogens is 387 g/mol. The molecule has 7 heteroatoms. The van der Waals surface area contributed by atoms with E-state index in [1.165, 1.54) is 11.3 Å². The highest BCUT2D eigenvalue weighted by Gasteiger charge is 2.15. The summed E-state index contributed by atoms with van der Waals surface area (Å²) in [5.74, 6) is 0.851. The van der Waals surface area contributed by atoms with Crippen LogP contribution in [0.15, 0.2) is 11.2 Å². The highest BCUT2D eigenvalue weighted by atomic mass is 127. The minimum Gasteiger partial charge on any atom is -0.376 e. The molecule has 0 amide bonds. The summed E-state index contributed by atoms with van der Waals surface area (Å²) in [5, 5.41) is 7.67. The van der Waals surface area contributed by atoms with Crippen LogP contribution in [-0.2, 0) is 11.3 Å². The summed E-state index contributed by atoms with van der Waals surface area (Å²) in [6.45, 7) is 7.33. The second kappa shape index (κ2) is 9.51. The highest BCUT2D eigenvalue weighted by molar-refractivity contribution is 14.0. The van der Waals surface area contributed by atoms with Crippen molar-refractivity contribution >= 4 is 41.3 Å². The van der Waals surface area contributed by atoms with Crippen LogP contribution in [0.2, 0.25) is 0 Å². The van der Waals surface area contributed by atoms with Crippen LogP contribution in [0, 0.1) is 6.92 Å². The van der Waals surface area contributed by atoms with E-state index in [9.17, 15) is 0 Å². The lowest BCUT2D eigenvalue weighted by Crippen LogP contribution is -2.41. The Hall–Kier alpha value is -0.410. The van der Waals surface area contributed by atoms with Gasteiger partial charge in [0.25, 0.3) is 0 Å². The number of hydrogen-bond donors (Lipinski definition) is 2. The monoisotopic (exact) mass is 410 g/mol. The van der Waals surface area contributed by atoms with Crippen LogP contribution in [0.1, 0.15) is 29.7 Å². The second-order valence-corrected chi connectivity index (χ2v) is 5.88. The smallest absolute Gasteiger partial charge is 0.191 e. The van der Waals surface area contributed by atoms with Crippen LogP contribution in [0.4, 0.5) is 0 Å². The van der Waals surface area contributed by atoms with Gasteiger partial charge in [-0.05, 0) is 26.7 Å². The van der Waals surface area contributed by atoms with Gasteiger partial charge in [0, 0.05) is 30.8 Å². The van der Waals surface area contributed by atoms with Crippen molar-refractivity contribution in [2.75, 3.05) is 19.7 Å². The first-order valence-electron chi connectivity index (χ1n) is 6.83. The molecule has 0 spiro atoms. The van der Waals surface area contributed by atoms with Gasteiger partial charge in [0.05, 0.1) is 17.7 Å². The maximum absolute atomic E-state index is 5.59. The Morgan fingerprint density at radius 2 is 2.40 bits per heavy atom. The maximum Gasteiger partial charge on any atom is 0.191 e. The Morgan fingerprint density at radius 1 is 1.55 bits per heavy atom. The number of hydrogen-bond acceptors (Lipinski definition) is 4. The zero-order valence-electron chi connectivity index (χ0n) is 12.0. The molecular formula is C13H23IN4OS. The number of thiazole rings is 1. The summed E-state index contributed by atoms with van der Waals surface area (Å²) in [6, 6.07) is 0. The molecule has 114 valence electrons. The Morgan fingerprint density at radius 3 is 3.00 bits per heavy atom. The van der Waals surface area contributed by atoms with Gasteiger partial charge >= 0.3 is 0 Å². The third-order valence-electron chi connectivity index (χ3n) is 2.93. The molecule has 1 aliphatic heterocycles. The van der Waals surface area contributed by atoms with Crippen LogP contribution < -0.4 is 10.6 Å². The Bertz CT molecular complexity index is 418. The van der Waals surface area contributed by atoms with Crippen molar-refractivity contribution < 1.29 is 4.74 Å².